The number of nitrogens with one attached hydrogen (secondary N) is 2. The van der Waals surface area contributed by atoms with E-state index in [1.807, 2.05) is 36.4 Å². The zero-order valence-corrected chi connectivity index (χ0v) is 12.0. The Morgan fingerprint density at radius 2 is 1.91 bits per heavy atom. The summed E-state index contributed by atoms with van der Waals surface area (Å²) in [5, 5.41) is 10.1. The molecule has 0 radical (unpaired) electrons. The van der Waals surface area contributed by atoms with Crippen LogP contribution in [0.1, 0.15) is 10.4 Å². The molecule has 0 saturated carbocycles. The number of rotatable bonds is 4. The van der Waals surface area contributed by atoms with Gasteiger partial charge in [-0.2, -0.15) is 4.98 Å². The monoisotopic (exact) mass is 293 g/mol. The van der Waals surface area contributed by atoms with Crippen molar-refractivity contribution in [1.82, 2.24) is 20.1 Å². The van der Waals surface area contributed by atoms with Gasteiger partial charge in [0.2, 0.25) is 5.95 Å². The van der Waals surface area contributed by atoms with Crippen LogP contribution in [0.15, 0.2) is 60.9 Å². The summed E-state index contributed by atoms with van der Waals surface area (Å²) in [4.78, 5) is 15.9. The molecule has 0 fully saturated rings. The number of nitrogens with zero attached hydrogens (tertiary/aromatic N) is 3. The van der Waals surface area contributed by atoms with Crippen LogP contribution in [0.3, 0.4) is 0 Å². The highest BCUT2D eigenvalue weighted by molar-refractivity contribution is 5.95. The molecular weight excluding hydrogens is 278 g/mol. The number of hydrogen-bond donors (Lipinski definition) is 2. The molecule has 2 N–H and O–H groups in total. The molecule has 6 nitrogen and oxygen atoms in total. The third kappa shape index (κ3) is 2.95. The normalized spacial score (nSPS) is 10.2. The third-order valence-electron chi connectivity index (χ3n) is 3.12. The van der Waals surface area contributed by atoms with Crippen LogP contribution in [-0.4, -0.2) is 27.7 Å². The van der Waals surface area contributed by atoms with Crippen LogP contribution < -0.4 is 10.6 Å². The summed E-state index contributed by atoms with van der Waals surface area (Å²) in [6.45, 7) is 0. The first-order valence-electron chi connectivity index (χ1n) is 6.82. The summed E-state index contributed by atoms with van der Waals surface area (Å²) < 4.78 is 1.69. The summed E-state index contributed by atoms with van der Waals surface area (Å²) in [5.74, 6) is 0.337. The quantitative estimate of drug-likeness (QED) is 0.774. The highest BCUT2D eigenvalue weighted by atomic mass is 16.1. The maximum Gasteiger partial charge on any atom is 0.251 e. The highest BCUT2D eigenvalue weighted by Crippen LogP contribution is 2.15. The lowest BCUT2D eigenvalue weighted by atomic mass is 10.2. The predicted octanol–water partition coefficient (Wildman–Crippen LogP) is 2.37. The summed E-state index contributed by atoms with van der Waals surface area (Å²) in [6.07, 6.45) is 1.64. The van der Waals surface area contributed by atoms with Crippen LogP contribution in [0, 0.1) is 0 Å². The molecule has 0 spiro atoms. The molecule has 22 heavy (non-hydrogen) atoms. The minimum atomic E-state index is -0.133. The predicted molar refractivity (Wildman–Crippen MR) is 84.5 cm³/mol. The summed E-state index contributed by atoms with van der Waals surface area (Å²) >= 11 is 0. The van der Waals surface area contributed by atoms with Gasteiger partial charge in [-0.05, 0) is 30.3 Å². The summed E-state index contributed by atoms with van der Waals surface area (Å²) in [6, 6.07) is 16.9. The Morgan fingerprint density at radius 1 is 1.09 bits per heavy atom. The van der Waals surface area contributed by atoms with Gasteiger partial charge in [0.1, 0.15) is 6.33 Å². The Kier molecular flexibility index (Phi) is 3.82. The van der Waals surface area contributed by atoms with E-state index >= 15 is 0 Å². The number of aromatic nitrogens is 3. The smallest absolute Gasteiger partial charge is 0.251 e. The zero-order chi connectivity index (χ0) is 15.4. The van der Waals surface area contributed by atoms with Crippen molar-refractivity contribution in [2.45, 2.75) is 0 Å². The number of carbonyl (C=O) groups is 1. The Hall–Kier alpha value is -3.15. The molecule has 0 aliphatic heterocycles. The number of para-hydroxylation sites is 1. The van der Waals surface area contributed by atoms with Gasteiger partial charge in [-0.25, -0.2) is 4.68 Å². The van der Waals surface area contributed by atoms with E-state index in [4.69, 9.17) is 0 Å². The number of anilines is 2. The van der Waals surface area contributed by atoms with E-state index in [9.17, 15) is 4.79 Å². The lowest BCUT2D eigenvalue weighted by Crippen LogP contribution is -2.17. The van der Waals surface area contributed by atoms with Gasteiger partial charge in [0.05, 0.1) is 5.69 Å². The molecule has 0 aliphatic rings. The van der Waals surface area contributed by atoms with E-state index in [0.717, 1.165) is 11.4 Å². The topological polar surface area (TPSA) is 71.8 Å². The van der Waals surface area contributed by atoms with Gasteiger partial charge in [0.25, 0.3) is 5.91 Å². The maximum atomic E-state index is 11.6. The standard InChI is InChI=1S/C16H15N5O/c1-17-15(22)12-6-5-7-13(10-12)19-16-18-11-21(20-16)14-8-3-2-4-9-14/h2-11H,1H3,(H,17,22)(H,19,20). The SMILES string of the molecule is CNC(=O)c1cccc(Nc2ncn(-c3ccccc3)n2)c1. The van der Waals surface area contributed by atoms with Crippen molar-refractivity contribution in [3.8, 4) is 5.69 Å². The van der Waals surface area contributed by atoms with Crippen LogP contribution in [0.2, 0.25) is 0 Å². The van der Waals surface area contributed by atoms with E-state index in [1.54, 1.807) is 36.3 Å². The van der Waals surface area contributed by atoms with Gasteiger partial charge < -0.3 is 10.6 Å². The Balaban J connectivity index is 1.80. The van der Waals surface area contributed by atoms with Crippen LogP contribution in [0.25, 0.3) is 5.69 Å². The first-order valence-corrected chi connectivity index (χ1v) is 6.82. The molecule has 3 rings (SSSR count). The second-order valence-electron chi connectivity index (χ2n) is 4.63. The van der Waals surface area contributed by atoms with Crippen molar-refractivity contribution < 1.29 is 4.79 Å². The first kappa shape index (κ1) is 13.8. The van der Waals surface area contributed by atoms with Gasteiger partial charge in [0.15, 0.2) is 0 Å². The van der Waals surface area contributed by atoms with Crippen molar-refractivity contribution >= 4 is 17.5 Å². The maximum absolute atomic E-state index is 11.6. The van der Waals surface area contributed by atoms with Gasteiger partial charge >= 0.3 is 0 Å². The van der Waals surface area contributed by atoms with Gasteiger partial charge in [-0.1, -0.05) is 24.3 Å². The molecule has 110 valence electrons. The average molecular weight is 293 g/mol. The number of benzene rings is 2. The molecule has 1 amide bonds. The third-order valence-corrected chi connectivity index (χ3v) is 3.12. The van der Waals surface area contributed by atoms with E-state index < -0.39 is 0 Å². The highest BCUT2D eigenvalue weighted by Gasteiger charge is 2.06. The van der Waals surface area contributed by atoms with Crippen molar-refractivity contribution in [2.75, 3.05) is 12.4 Å². The second-order valence-corrected chi connectivity index (χ2v) is 4.63. The molecule has 0 bridgehead atoms. The summed E-state index contributed by atoms with van der Waals surface area (Å²) in [7, 11) is 1.60. The van der Waals surface area contributed by atoms with Crippen molar-refractivity contribution in [3.05, 3.63) is 66.5 Å². The van der Waals surface area contributed by atoms with Crippen molar-refractivity contribution in [2.24, 2.45) is 0 Å². The van der Waals surface area contributed by atoms with Crippen LogP contribution in [0.4, 0.5) is 11.6 Å². The fourth-order valence-electron chi connectivity index (χ4n) is 2.04. The average Bonchev–Trinajstić information content (AvgIpc) is 3.03. The number of carbonyl (C=O) groups excluding carboxylic acids is 1. The molecule has 1 heterocycles. The van der Waals surface area contributed by atoms with Gasteiger partial charge in [-0.3, -0.25) is 4.79 Å². The molecular formula is C16H15N5O. The zero-order valence-electron chi connectivity index (χ0n) is 12.0. The summed E-state index contributed by atoms with van der Waals surface area (Å²) in [5.41, 5.74) is 2.27. The molecule has 2 aromatic carbocycles. The number of hydrogen-bond acceptors (Lipinski definition) is 4. The fourth-order valence-corrected chi connectivity index (χ4v) is 2.04. The van der Waals surface area contributed by atoms with Gasteiger partial charge in [-0.15, -0.1) is 5.10 Å². The number of amides is 1. The van der Waals surface area contributed by atoms with Crippen LogP contribution in [0.5, 0.6) is 0 Å². The van der Waals surface area contributed by atoms with E-state index in [-0.39, 0.29) is 5.91 Å². The minimum Gasteiger partial charge on any atom is -0.355 e. The molecule has 1 aromatic heterocycles. The lowest BCUT2D eigenvalue weighted by Gasteiger charge is -2.04. The minimum absolute atomic E-state index is 0.133. The Bertz CT molecular complexity index is 782. The van der Waals surface area contributed by atoms with Gasteiger partial charge in [0, 0.05) is 18.3 Å². The van der Waals surface area contributed by atoms with Crippen molar-refractivity contribution in [3.63, 3.8) is 0 Å². The molecule has 0 saturated heterocycles. The molecule has 0 atom stereocenters. The van der Waals surface area contributed by atoms with E-state index in [0.29, 0.717) is 11.5 Å². The lowest BCUT2D eigenvalue weighted by molar-refractivity contribution is 0.0963. The molecule has 0 unspecified atom stereocenters. The molecule has 3 aromatic rings. The van der Waals surface area contributed by atoms with Crippen molar-refractivity contribution in [1.29, 1.82) is 0 Å². The fraction of sp³-hybridized carbons (Fsp3) is 0.0625. The molecule has 6 heteroatoms. The second kappa shape index (κ2) is 6.09. The Labute approximate surface area is 127 Å². The Morgan fingerprint density at radius 3 is 2.68 bits per heavy atom. The van der Waals surface area contributed by atoms with Crippen LogP contribution in [-0.2, 0) is 0 Å². The largest absolute Gasteiger partial charge is 0.355 e. The van der Waals surface area contributed by atoms with Crippen LogP contribution >= 0.6 is 0 Å². The van der Waals surface area contributed by atoms with E-state index in [2.05, 4.69) is 20.7 Å². The first-order chi connectivity index (χ1) is 10.8. The van der Waals surface area contributed by atoms with E-state index in [1.165, 1.54) is 0 Å². The molecule has 0 aliphatic carbocycles.